The summed E-state index contributed by atoms with van der Waals surface area (Å²) >= 11 is 11.5. The molecule has 1 fully saturated rings. The summed E-state index contributed by atoms with van der Waals surface area (Å²) in [5, 5.41) is 3.35. The summed E-state index contributed by atoms with van der Waals surface area (Å²) < 4.78 is 5.52. The van der Waals surface area contributed by atoms with Gasteiger partial charge in [0.2, 0.25) is 0 Å². The van der Waals surface area contributed by atoms with E-state index in [1.54, 1.807) is 0 Å². The van der Waals surface area contributed by atoms with Crippen molar-refractivity contribution in [3.8, 4) is 0 Å². The van der Waals surface area contributed by atoms with Gasteiger partial charge in [0.25, 0.3) is 5.91 Å². The van der Waals surface area contributed by atoms with Crippen molar-refractivity contribution in [3.05, 3.63) is 28.0 Å². The smallest absolute Gasteiger partial charge is 0.253 e. The van der Waals surface area contributed by atoms with Gasteiger partial charge in [-0.2, -0.15) is 0 Å². The predicted octanol–water partition coefficient (Wildman–Crippen LogP) is 2.69. The molecule has 1 aliphatic heterocycles. The molecule has 0 bridgehead atoms. The zero-order chi connectivity index (χ0) is 13.1. The lowest BCUT2D eigenvalue weighted by Crippen LogP contribution is -2.40. The van der Waals surface area contributed by atoms with Crippen molar-refractivity contribution in [1.82, 2.24) is 10.3 Å². The van der Waals surface area contributed by atoms with Crippen molar-refractivity contribution < 1.29 is 9.53 Å². The van der Waals surface area contributed by atoms with Gasteiger partial charge in [-0.3, -0.25) is 4.79 Å². The van der Waals surface area contributed by atoms with Crippen LogP contribution in [0.15, 0.2) is 12.3 Å². The number of carbonyl (C=O) groups excluding carboxylic acids is 1. The van der Waals surface area contributed by atoms with Gasteiger partial charge in [0, 0.05) is 12.8 Å². The molecule has 1 N–H and O–H groups in total. The van der Waals surface area contributed by atoms with Crippen LogP contribution in [0.4, 0.5) is 0 Å². The Kier molecular flexibility index (Phi) is 4.43. The van der Waals surface area contributed by atoms with Gasteiger partial charge in [-0.1, -0.05) is 23.2 Å². The fourth-order valence-corrected chi connectivity index (χ4v) is 2.20. The maximum Gasteiger partial charge on any atom is 0.253 e. The summed E-state index contributed by atoms with van der Waals surface area (Å²) in [6.07, 6.45) is 3.51. The first-order chi connectivity index (χ1) is 8.58. The molecular formula is C12H14Cl2N2O2. The minimum absolute atomic E-state index is 0.0329. The first-order valence-corrected chi connectivity index (χ1v) is 6.57. The van der Waals surface area contributed by atoms with Gasteiger partial charge >= 0.3 is 0 Å². The number of aromatic nitrogens is 1. The second-order valence-corrected chi connectivity index (χ2v) is 5.08. The van der Waals surface area contributed by atoms with E-state index in [1.165, 1.54) is 12.3 Å². The molecule has 1 saturated heterocycles. The fraction of sp³-hybridized carbons (Fsp3) is 0.500. The van der Waals surface area contributed by atoms with Crippen LogP contribution >= 0.6 is 23.2 Å². The maximum absolute atomic E-state index is 12.0. The molecule has 18 heavy (non-hydrogen) atoms. The van der Waals surface area contributed by atoms with Crippen LogP contribution in [0.2, 0.25) is 10.2 Å². The fourth-order valence-electron chi connectivity index (χ4n) is 1.93. The predicted molar refractivity (Wildman–Crippen MR) is 70.2 cm³/mol. The first-order valence-electron chi connectivity index (χ1n) is 5.81. The van der Waals surface area contributed by atoms with E-state index in [-0.39, 0.29) is 28.2 Å². The minimum atomic E-state index is -0.218. The lowest BCUT2D eigenvalue weighted by Gasteiger charge is -2.19. The summed E-state index contributed by atoms with van der Waals surface area (Å²) in [4.78, 5) is 15.8. The van der Waals surface area contributed by atoms with Crippen LogP contribution in [-0.2, 0) is 4.74 Å². The number of pyridine rings is 1. The van der Waals surface area contributed by atoms with Gasteiger partial charge in [-0.05, 0) is 25.8 Å². The SMILES string of the molecule is C[C@H](NC(=O)c1cnc(Cl)c(Cl)c1)[C@H]1CCCO1. The molecule has 2 atom stereocenters. The van der Waals surface area contributed by atoms with Crippen molar-refractivity contribution in [1.29, 1.82) is 0 Å². The Hall–Kier alpha value is -0.840. The van der Waals surface area contributed by atoms with Crippen molar-refractivity contribution in [2.24, 2.45) is 0 Å². The minimum Gasteiger partial charge on any atom is -0.376 e. The third-order valence-corrected chi connectivity index (χ3v) is 3.63. The molecule has 1 amide bonds. The normalized spacial score (nSPS) is 20.7. The average molecular weight is 289 g/mol. The molecule has 4 nitrogen and oxygen atoms in total. The molecule has 6 heteroatoms. The van der Waals surface area contributed by atoms with E-state index in [0.29, 0.717) is 5.56 Å². The van der Waals surface area contributed by atoms with Gasteiger partial charge in [0.05, 0.1) is 22.7 Å². The van der Waals surface area contributed by atoms with Gasteiger partial charge in [-0.25, -0.2) is 4.98 Å². The van der Waals surface area contributed by atoms with Gasteiger partial charge in [-0.15, -0.1) is 0 Å². The second kappa shape index (κ2) is 5.87. The summed E-state index contributed by atoms with van der Waals surface area (Å²) in [6, 6.07) is 1.48. The zero-order valence-corrected chi connectivity index (χ0v) is 11.5. The van der Waals surface area contributed by atoms with Crippen LogP contribution in [0.1, 0.15) is 30.1 Å². The van der Waals surface area contributed by atoms with Crippen LogP contribution < -0.4 is 5.32 Å². The number of halogens is 2. The number of carbonyl (C=O) groups is 1. The number of amides is 1. The highest BCUT2D eigenvalue weighted by Gasteiger charge is 2.24. The Labute approximate surface area is 116 Å². The third-order valence-electron chi connectivity index (χ3n) is 2.94. The van der Waals surface area contributed by atoms with Crippen LogP contribution in [0.25, 0.3) is 0 Å². The van der Waals surface area contributed by atoms with Crippen molar-refractivity contribution in [2.75, 3.05) is 6.61 Å². The van der Waals surface area contributed by atoms with E-state index in [9.17, 15) is 4.79 Å². The highest BCUT2D eigenvalue weighted by atomic mass is 35.5. The Morgan fingerprint density at radius 1 is 1.61 bits per heavy atom. The molecule has 1 aromatic rings. The topological polar surface area (TPSA) is 51.2 Å². The molecule has 0 radical (unpaired) electrons. The number of rotatable bonds is 3. The second-order valence-electron chi connectivity index (χ2n) is 4.31. The van der Waals surface area contributed by atoms with Crippen molar-refractivity contribution in [3.63, 3.8) is 0 Å². The Morgan fingerprint density at radius 2 is 2.39 bits per heavy atom. The third kappa shape index (κ3) is 3.13. The van der Waals surface area contributed by atoms with E-state index < -0.39 is 0 Å². The molecule has 0 aromatic carbocycles. The van der Waals surface area contributed by atoms with Crippen molar-refractivity contribution >= 4 is 29.1 Å². The molecule has 0 spiro atoms. The van der Waals surface area contributed by atoms with Gasteiger partial charge < -0.3 is 10.1 Å². The quantitative estimate of drug-likeness (QED) is 0.870. The molecule has 1 aromatic heterocycles. The molecule has 0 aliphatic carbocycles. The van der Waals surface area contributed by atoms with Crippen LogP contribution in [0, 0.1) is 0 Å². The number of ether oxygens (including phenoxy) is 1. The number of nitrogens with zero attached hydrogens (tertiary/aromatic N) is 1. The molecule has 1 aliphatic rings. The summed E-state index contributed by atoms with van der Waals surface area (Å²) in [6.45, 7) is 2.69. The highest BCUT2D eigenvalue weighted by Crippen LogP contribution is 2.20. The standard InChI is InChI=1S/C12H14Cl2N2O2/c1-7(10-3-2-4-18-10)16-12(17)8-5-9(13)11(14)15-6-8/h5-7,10H,2-4H2,1H3,(H,16,17)/t7-,10+/m0/s1. The summed E-state index contributed by atoms with van der Waals surface area (Å²) in [7, 11) is 0. The largest absolute Gasteiger partial charge is 0.376 e. The lowest BCUT2D eigenvalue weighted by atomic mass is 10.1. The average Bonchev–Trinajstić information content (AvgIpc) is 2.86. The van der Waals surface area contributed by atoms with Gasteiger partial charge in [0.1, 0.15) is 5.15 Å². The zero-order valence-electron chi connectivity index (χ0n) is 9.95. The molecule has 2 rings (SSSR count). The molecule has 2 heterocycles. The van der Waals surface area contributed by atoms with E-state index >= 15 is 0 Å². The maximum atomic E-state index is 12.0. The first kappa shape index (κ1) is 13.6. The number of hydrogen-bond donors (Lipinski definition) is 1. The monoisotopic (exact) mass is 288 g/mol. The molecular weight excluding hydrogens is 275 g/mol. The molecule has 98 valence electrons. The lowest BCUT2D eigenvalue weighted by molar-refractivity contribution is 0.0712. The van der Waals surface area contributed by atoms with Crippen LogP contribution in [0.3, 0.4) is 0 Å². The van der Waals surface area contributed by atoms with E-state index in [1.807, 2.05) is 6.92 Å². The van der Waals surface area contributed by atoms with E-state index in [2.05, 4.69) is 10.3 Å². The highest BCUT2D eigenvalue weighted by molar-refractivity contribution is 6.41. The van der Waals surface area contributed by atoms with E-state index in [0.717, 1.165) is 19.4 Å². The summed E-state index contributed by atoms with van der Waals surface area (Å²) in [5.41, 5.74) is 0.397. The van der Waals surface area contributed by atoms with Crippen LogP contribution in [-0.4, -0.2) is 29.6 Å². The molecule has 0 saturated carbocycles. The Bertz CT molecular complexity index is 448. The Balaban J connectivity index is 2.00. The van der Waals surface area contributed by atoms with Crippen LogP contribution in [0.5, 0.6) is 0 Å². The number of hydrogen-bond acceptors (Lipinski definition) is 3. The van der Waals surface area contributed by atoms with Crippen molar-refractivity contribution in [2.45, 2.75) is 31.9 Å². The Morgan fingerprint density at radius 3 is 3.00 bits per heavy atom. The van der Waals surface area contributed by atoms with E-state index in [4.69, 9.17) is 27.9 Å². The molecule has 0 unspecified atom stereocenters. The summed E-state index contributed by atoms with van der Waals surface area (Å²) in [5.74, 6) is -0.218. The van der Waals surface area contributed by atoms with Gasteiger partial charge in [0.15, 0.2) is 0 Å². The number of nitrogens with one attached hydrogen (secondary N) is 1.